The average molecular weight is 158 g/mol. The van der Waals surface area contributed by atoms with Crippen molar-refractivity contribution in [2.45, 2.75) is 6.92 Å². The zero-order valence-electron chi connectivity index (χ0n) is 5.26. The molecule has 0 saturated carbocycles. The summed E-state index contributed by atoms with van der Waals surface area (Å²) in [7, 11) is 0. The molecule has 3 N–H and O–H groups in total. The zero-order valence-corrected chi connectivity index (χ0v) is 6.08. The Morgan fingerprint density at radius 2 is 2.10 bits per heavy atom. The first-order chi connectivity index (χ1) is 4.61. The minimum atomic E-state index is -0.360. The van der Waals surface area contributed by atoms with E-state index < -0.39 is 0 Å². The molecule has 54 valence electrons. The van der Waals surface area contributed by atoms with Crippen LogP contribution in [0, 0.1) is 11.7 Å². The Kier molecular flexibility index (Phi) is 1.58. The van der Waals surface area contributed by atoms with Gasteiger partial charge in [-0.25, -0.2) is 0 Å². The van der Waals surface area contributed by atoms with Crippen LogP contribution < -0.4 is 5.56 Å². The lowest BCUT2D eigenvalue weighted by molar-refractivity contribution is 0.445. The number of hydrogen-bond acceptors (Lipinski definition) is 3. The largest absolute Gasteiger partial charge is 0.494 e. The molecule has 0 aliphatic carbocycles. The number of rotatable bonds is 0. The van der Waals surface area contributed by atoms with E-state index >= 15 is 0 Å². The summed E-state index contributed by atoms with van der Waals surface area (Å²) in [6.45, 7) is 1.50. The number of H-pyrrole nitrogens is 2. The number of aromatic amines is 2. The number of nitrogens with one attached hydrogen (secondary N) is 2. The molecule has 0 atom stereocenters. The van der Waals surface area contributed by atoms with E-state index in [0.717, 1.165) is 0 Å². The van der Waals surface area contributed by atoms with Crippen molar-refractivity contribution in [2.24, 2.45) is 0 Å². The lowest BCUT2D eigenvalue weighted by atomic mass is 10.4. The summed E-state index contributed by atoms with van der Waals surface area (Å²) in [5.74, 6) is -0.172. The molecule has 1 heterocycles. The maximum atomic E-state index is 10.8. The Labute approximate surface area is 61.6 Å². The maximum Gasteiger partial charge on any atom is 0.258 e. The molecule has 0 aliphatic heterocycles. The molecule has 0 aromatic carbocycles. The van der Waals surface area contributed by atoms with Crippen molar-refractivity contribution >= 4 is 12.2 Å². The second-order valence-corrected chi connectivity index (χ2v) is 2.29. The van der Waals surface area contributed by atoms with Crippen molar-refractivity contribution in [1.29, 1.82) is 0 Å². The van der Waals surface area contributed by atoms with Gasteiger partial charge in [0.2, 0.25) is 0 Å². The van der Waals surface area contributed by atoms with E-state index in [1.54, 1.807) is 0 Å². The van der Waals surface area contributed by atoms with Crippen molar-refractivity contribution in [2.75, 3.05) is 0 Å². The first-order valence-electron chi connectivity index (χ1n) is 2.63. The van der Waals surface area contributed by atoms with Crippen LogP contribution in [0.3, 0.4) is 0 Å². The lowest BCUT2D eigenvalue weighted by Crippen LogP contribution is -2.10. The molecule has 0 spiro atoms. The van der Waals surface area contributed by atoms with E-state index in [4.69, 9.17) is 5.11 Å². The second-order valence-electron chi connectivity index (χ2n) is 1.88. The van der Waals surface area contributed by atoms with Crippen LogP contribution in [0.5, 0.6) is 5.88 Å². The van der Waals surface area contributed by atoms with Gasteiger partial charge in [-0.3, -0.25) is 9.78 Å². The van der Waals surface area contributed by atoms with Gasteiger partial charge in [-0.05, 0) is 19.1 Å². The molecule has 0 fully saturated rings. The van der Waals surface area contributed by atoms with Crippen LogP contribution in [0.15, 0.2) is 4.79 Å². The predicted octanol–water partition coefficient (Wildman–Crippen LogP) is 0.447. The Morgan fingerprint density at radius 3 is 2.60 bits per heavy atom. The average Bonchev–Trinajstić information content (AvgIpc) is 1.82. The van der Waals surface area contributed by atoms with E-state index in [1.807, 2.05) is 0 Å². The summed E-state index contributed by atoms with van der Waals surface area (Å²) in [6, 6.07) is 0. The van der Waals surface area contributed by atoms with Gasteiger partial charge in [0.25, 0.3) is 5.56 Å². The molecular weight excluding hydrogens is 152 g/mol. The number of aromatic hydroxyl groups is 1. The molecule has 10 heavy (non-hydrogen) atoms. The Hall–Kier alpha value is -1.10. The molecule has 4 nitrogen and oxygen atoms in total. The van der Waals surface area contributed by atoms with Gasteiger partial charge < -0.3 is 10.1 Å². The molecule has 0 bridgehead atoms. The molecule has 0 saturated heterocycles. The highest BCUT2D eigenvalue weighted by Crippen LogP contribution is 2.02. The minimum Gasteiger partial charge on any atom is -0.494 e. The molecule has 0 unspecified atom stereocenters. The molecule has 1 rings (SSSR count). The minimum absolute atomic E-state index is 0.133. The van der Waals surface area contributed by atoms with Gasteiger partial charge in [-0.2, -0.15) is 0 Å². The summed E-state index contributed by atoms with van der Waals surface area (Å²) in [4.78, 5) is 15.5. The summed E-state index contributed by atoms with van der Waals surface area (Å²) < 4.78 is 0.133. The van der Waals surface area contributed by atoms with Crippen LogP contribution >= 0.6 is 12.2 Å². The van der Waals surface area contributed by atoms with E-state index in [0.29, 0.717) is 0 Å². The van der Waals surface area contributed by atoms with Gasteiger partial charge in [0.15, 0.2) is 10.7 Å². The third kappa shape index (κ3) is 1.08. The quantitative estimate of drug-likeness (QED) is 0.480. The monoisotopic (exact) mass is 158 g/mol. The van der Waals surface area contributed by atoms with Gasteiger partial charge in [0.05, 0.1) is 5.56 Å². The van der Waals surface area contributed by atoms with Crippen LogP contribution in [0.2, 0.25) is 0 Å². The summed E-state index contributed by atoms with van der Waals surface area (Å²) in [5.41, 5.74) is -0.116. The van der Waals surface area contributed by atoms with Crippen LogP contribution in [-0.2, 0) is 0 Å². The molecule has 0 radical (unpaired) electrons. The summed E-state index contributed by atoms with van der Waals surface area (Å²) in [5, 5.41) is 8.94. The molecule has 0 amide bonds. The third-order valence-electron chi connectivity index (χ3n) is 1.15. The zero-order chi connectivity index (χ0) is 7.72. The van der Waals surface area contributed by atoms with Crippen LogP contribution in [0.1, 0.15) is 5.56 Å². The summed E-state index contributed by atoms with van der Waals surface area (Å²) >= 11 is 4.58. The van der Waals surface area contributed by atoms with Gasteiger partial charge in [0.1, 0.15) is 0 Å². The highest BCUT2D eigenvalue weighted by molar-refractivity contribution is 7.71. The normalized spacial score (nSPS) is 9.70. The highest BCUT2D eigenvalue weighted by Gasteiger charge is 1.98. The van der Waals surface area contributed by atoms with Crippen molar-refractivity contribution in [3.05, 3.63) is 20.7 Å². The van der Waals surface area contributed by atoms with Crippen molar-refractivity contribution in [3.63, 3.8) is 0 Å². The van der Waals surface area contributed by atoms with E-state index in [1.165, 1.54) is 6.92 Å². The van der Waals surface area contributed by atoms with Crippen LogP contribution in [0.4, 0.5) is 0 Å². The first-order valence-corrected chi connectivity index (χ1v) is 3.04. The smallest absolute Gasteiger partial charge is 0.258 e. The molecule has 0 aliphatic rings. The predicted molar refractivity (Wildman–Crippen MR) is 38.6 cm³/mol. The standard InChI is InChI=1S/C5H6N2O2S/c1-2-3(8)6-5(10)7-4(2)9/h1H3,(H3,6,7,8,9,10). The fraction of sp³-hybridized carbons (Fsp3) is 0.200. The van der Waals surface area contributed by atoms with Crippen molar-refractivity contribution < 1.29 is 5.11 Å². The van der Waals surface area contributed by atoms with E-state index in [2.05, 4.69) is 22.2 Å². The van der Waals surface area contributed by atoms with Gasteiger partial charge >= 0.3 is 0 Å². The van der Waals surface area contributed by atoms with E-state index in [-0.39, 0.29) is 21.8 Å². The maximum absolute atomic E-state index is 10.8. The van der Waals surface area contributed by atoms with Crippen LogP contribution in [0.25, 0.3) is 0 Å². The van der Waals surface area contributed by atoms with E-state index in [9.17, 15) is 4.79 Å². The van der Waals surface area contributed by atoms with Crippen molar-refractivity contribution in [3.8, 4) is 5.88 Å². The van der Waals surface area contributed by atoms with Crippen molar-refractivity contribution in [1.82, 2.24) is 9.97 Å². The topological polar surface area (TPSA) is 68.9 Å². The lowest BCUT2D eigenvalue weighted by Gasteiger charge is -1.93. The van der Waals surface area contributed by atoms with Gasteiger partial charge in [-0.15, -0.1) is 0 Å². The first kappa shape index (κ1) is 7.01. The summed E-state index contributed by atoms with van der Waals surface area (Å²) in [6.07, 6.45) is 0. The molecule has 5 heteroatoms. The third-order valence-corrected chi connectivity index (χ3v) is 1.36. The SMILES string of the molecule is Cc1c(O)[nH]c(=S)[nH]c1=O. The molecule has 1 aromatic heterocycles. The fourth-order valence-corrected chi connectivity index (χ4v) is 0.726. The van der Waals surface area contributed by atoms with Gasteiger partial charge in [0, 0.05) is 0 Å². The Balaban J connectivity index is 3.62. The fourth-order valence-electron chi connectivity index (χ4n) is 0.537. The molecular formula is C5H6N2O2S. The Bertz CT molecular complexity index is 351. The number of aromatic nitrogens is 2. The highest BCUT2D eigenvalue weighted by atomic mass is 32.1. The van der Waals surface area contributed by atoms with Crippen LogP contribution in [-0.4, -0.2) is 15.1 Å². The number of hydrogen-bond donors (Lipinski definition) is 3. The van der Waals surface area contributed by atoms with Gasteiger partial charge in [-0.1, -0.05) is 0 Å². The molecule has 1 aromatic rings. The Morgan fingerprint density at radius 1 is 1.50 bits per heavy atom. The second kappa shape index (κ2) is 2.26.